The molecule has 48 heavy (non-hydrogen) atoms. The summed E-state index contributed by atoms with van der Waals surface area (Å²) < 4.78 is 18.2. The third kappa shape index (κ3) is 3.41. The second kappa shape index (κ2) is 10.1. The molecular weight excluding hydrogens is 645 g/mol. The van der Waals surface area contributed by atoms with Crippen LogP contribution in [0.5, 0.6) is 0 Å². The van der Waals surface area contributed by atoms with Crippen LogP contribution in [-0.2, 0) is 24.1 Å². The van der Waals surface area contributed by atoms with E-state index in [-0.39, 0.29) is 0 Å². The van der Waals surface area contributed by atoms with Gasteiger partial charge in [-0.3, -0.25) is 0 Å². The summed E-state index contributed by atoms with van der Waals surface area (Å²) in [5.74, 6) is -0.992. The zero-order valence-corrected chi connectivity index (χ0v) is 30.6. The van der Waals surface area contributed by atoms with Crippen LogP contribution in [0.25, 0.3) is 11.1 Å². The fourth-order valence-corrected chi connectivity index (χ4v) is 24.3. The first-order valence-corrected chi connectivity index (χ1v) is 21.1. The Kier molecular flexibility index (Phi) is 6.32. The van der Waals surface area contributed by atoms with Gasteiger partial charge in [-0.05, 0) is 0 Å². The normalized spacial score (nSPS) is 22.3. The molecule has 3 aliphatic rings. The van der Waals surface area contributed by atoms with E-state index >= 15 is 0 Å². The first-order chi connectivity index (χ1) is 23.2. The second-order valence-corrected chi connectivity index (χ2v) is 21.3. The molecule has 3 heteroatoms. The van der Waals surface area contributed by atoms with Gasteiger partial charge in [0.1, 0.15) is 0 Å². The third-order valence-corrected chi connectivity index (χ3v) is 23.0. The quantitative estimate of drug-likeness (QED) is 0.137. The molecule has 2 heterocycles. The molecule has 0 radical (unpaired) electrons. The predicted octanol–water partition coefficient (Wildman–Crippen LogP) is 8.91. The van der Waals surface area contributed by atoms with Gasteiger partial charge in [0, 0.05) is 0 Å². The third-order valence-electron chi connectivity index (χ3n) is 11.4. The Morgan fingerprint density at radius 1 is 0.458 bits per heavy atom. The van der Waals surface area contributed by atoms with Crippen LogP contribution in [0.3, 0.4) is 0 Å². The Morgan fingerprint density at radius 3 is 1.31 bits per heavy atom. The molecule has 6 aromatic rings. The van der Waals surface area contributed by atoms with Gasteiger partial charge >= 0.3 is 288 Å². The molecule has 0 amide bonds. The van der Waals surface area contributed by atoms with Crippen LogP contribution in [-0.4, -0.2) is 13.6 Å². The molecular formula is C45H40GeO2. The number of aryl methyl sites for hydroxylation is 6. The molecule has 2 fully saturated rings. The molecule has 236 valence electrons. The van der Waals surface area contributed by atoms with Crippen molar-refractivity contribution in [2.75, 3.05) is 0 Å². The first kappa shape index (κ1) is 29.9. The van der Waals surface area contributed by atoms with Crippen LogP contribution in [0.1, 0.15) is 55.6 Å². The van der Waals surface area contributed by atoms with Crippen molar-refractivity contribution in [3.63, 3.8) is 0 Å². The van der Waals surface area contributed by atoms with Gasteiger partial charge in [0.2, 0.25) is 0 Å². The second-order valence-electron chi connectivity index (χ2n) is 14.3. The van der Waals surface area contributed by atoms with E-state index in [9.17, 15) is 0 Å². The van der Waals surface area contributed by atoms with Gasteiger partial charge in [-0.1, -0.05) is 0 Å². The summed E-state index contributed by atoms with van der Waals surface area (Å²) >= 11 is -4.35. The minimum absolute atomic E-state index is 0.632. The summed E-state index contributed by atoms with van der Waals surface area (Å²) in [6.07, 6.45) is 0. The summed E-state index contributed by atoms with van der Waals surface area (Å²) in [7, 11) is 0. The minimum atomic E-state index is -4.35. The SMILES string of the molecule is Cc1cc(C)[c]([Ge]2([c]3c(C)cc(C)cc3C)[O][C@]3(c4ccccc4)O[C@]3(c3ccccc3)[C]23c2ccccc2-c2ccccc23)c(C)c1. The van der Waals surface area contributed by atoms with Gasteiger partial charge in [-0.2, -0.15) is 0 Å². The number of fused-ring (bicyclic) bond motifs is 7. The molecule has 0 unspecified atom stereocenters. The van der Waals surface area contributed by atoms with Crippen LogP contribution >= 0.6 is 0 Å². The van der Waals surface area contributed by atoms with E-state index in [1.165, 1.54) is 64.4 Å². The van der Waals surface area contributed by atoms with E-state index in [4.69, 9.17) is 8.50 Å². The zero-order valence-electron chi connectivity index (χ0n) is 28.5. The molecule has 0 bridgehead atoms. The molecule has 9 rings (SSSR count). The average Bonchev–Trinajstić information content (AvgIpc) is 3.57. The fourth-order valence-electron chi connectivity index (χ4n) is 10.3. The van der Waals surface area contributed by atoms with E-state index in [1.807, 2.05) is 0 Å². The number of benzene rings is 6. The van der Waals surface area contributed by atoms with Crippen molar-refractivity contribution in [3.05, 3.63) is 189 Å². The standard InChI is InChI=1S/C45H40GeO2/c1-29-25-31(3)41(32(4)26-29)46(42-33(5)27-30(2)28-34(42)6)43(39-23-15-13-21-37(39)38-22-14-16-24-40(38)43)44(35-17-9-7-10-18-35)45(47-44,48-46)36-19-11-8-12-20-36/h7-28H,1-6H3/t44-,45+/m1/s1. The molecule has 0 N–H and O–H groups in total. The molecule has 1 spiro atoms. The number of epoxide rings is 1. The number of hydrogen-bond donors (Lipinski definition) is 0. The molecule has 0 saturated carbocycles. The number of rotatable bonds is 4. The predicted molar refractivity (Wildman–Crippen MR) is 197 cm³/mol. The van der Waals surface area contributed by atoms with Crippen LogP contribution in [0, 0.1) is 41.5 Å². The molecule has 2 saturated heterocycles. The Hall–Kier alpha value is -4.22. The Bertz CT molecular complexity index is 2120. The van der Waals surface area contributed by atoms with Crippen LogP contribution in [0.2, 0.25) is 0 Å². The van der Waals surface area contributed by atoms with Crippen LogP contribution < -0.4 is 8.79 Å². The summed E-state index contributed by atoms with van der Waals surface area (Å²) in [6, 6.07) is 49.6. The van der Waals surface area contributed by atoms with E-state index in [0.29, 0.717) is 0 Å². The molecule has 2 atom stereocenters. The van der Waals surface area contributed by atoms with Crippen molar-refractivity contribution in [1.29, 1.82) is 0 Å². The van der Waals surface area contributed by atoms with Crippen molar-refractivity contribution in [1.82, 2.24) is 0 Å². The van der Waals surface area contributed by atoms with E-state index < -0.39 is 29.2 Å². The fraction of sp³-hybridized carbons (Fsp3) is 0.200. The zero-order chi connectivity index (χ0) is 33.1. The van der Waals surface area contributed by atoms with Crippen molar-refractivity contribution < 1.29 is 8.50 Å². The van der Waals surface area contributed by atoms with Gasteiger partial charge in [0.15, 0.2) is 0 Å². The summed E-state index contributed by atoms with van der Waals surface area (Å²) in [6.45, 7) is 13.7. The van der Waals surface area contributed by atoms with Gasteiger partial charge in [-0.15, -0.1) is 0 Å². The van der Waals surface area contributed by atoms with Crippen molar-refractivity contribution in [3.8, 4) is 11.1 Å². The number of hydrogen-bond acceptors (Lipinski definition) is 2. The van der Waals surface area contributed by atoms with Crippen molar-refractivity contribution >= 4 is 22.4 Å². The first-order valence-electron chi connectivity index (χ1n) is 17.1. The maximum absolute atomic E-state index is 8.45. The Morgan fingerprint density at radius 2 is 0.854 bits per heavy atom. The summed E-state index contributed by atoms with van der Waals surface area (Å²) in [4.78, 5) is 0. The topological polar surface area (TPSA) is 21.8 Å². The van der Waals surface area contributed by atoms with Crippen LogP contribution in [0.15, 0.2) is 133 Å². The Balaban J connectivity index is 1.60. The van der Waals surface area contributed by atoms with Crippen LogP contribution in [0.4, 0.5) is 0 Å². The van der Waals surface area contributed by atoms with E-state index in [0.717, 1.165) is 11.1 Å². The van der Waals surface area contributed by atoms with Gasteiger partial charge < -0.3 is 0 Å². The van der Waals surface area contributed by atoms with E-state index in [2.05, 4.69) is 175 Å². The van der Waals surface area contributed by atoms with Crippen molar-refractivity contribution in [2.45, 2.75) is 57.2 Å². The van der Waals surface area contributed by atoms with E-state index in [1.54, 1.807) is 0 Å². The molecule has 2 aliphatic heterocycles. The van der Waals surface area contributed by atoms with Gasteiger partial charge in [0.25, 0.3) is 0 Å². The molecule has 2 nitrogen and oxygen atoms in total. The van der Waals surface area contributed by atoms with Crippen molar-refractivity contribution in [2.24, 2.45) is 0 Å². The Labute approximate surface area is 287 Å². The van der Waals surface area contributed by atoms with Gasteiger partial charge in [0.05, 0.1) is 0 Å². The molecule has 1 aliphatic carbocycles. The summed E-state index contributed by atoms with van der Waals surface area (Å²) in [5, 5.41) is 0. The number of ether oxygens (including phenoxy) is 1. The molecule has 0 aromatic heterocycles. The average molecular weight is 685 g/mol. The maximum atomic E-state index is 8.45. The monoisotopic (exact) mass is 686 g/mol. The van der Waals surface area contributed by atoms with Gasteiger partial charge in [-0.25, -0.2) is 0 Å². The molecule has 6 aromatic carbocycles. The summed E-state index contributed by atoms with van der Waals surface area (Å²) in [5.41, 5.74) is 14.4.